The van der Waals surface area contributed by atoms with E-state index in [2.05, 4.69) is 15.9 Å². The van der Waals surface area contributed by atoms with Gasteiger partial charge in [0, 0.05) is 18.1 Å². The van der Waals surface area contributed by atoms with Crippen LogP contribution in [0.3, 0.4) is 0 Å². The van der Waals surface area contributed by atoms with Gasteiger partial charge in [-0.3, -0.25) is 14.2 Å². The zero-order chi connectivity index (χ0) is 31.5. The molecule has 44 heavy (non-hydrogen) atoms. The molecule has 0 radical (unpaired) electrons. The molecule has 5 rings (SSSR count). The van der Waals surface area contributed by atoms with Crippen LogP contribution in [-0.2, 0) is 11.4 Å². The van der Waals surface area contributed by atoms with Gasteiger partial charge in [-0.2, -0.15) is 0 Å². The molecule has 0 unspecified atom stereocenters. The standard InChI is InChI=1S/C33H29BrClN3O5S/c1-4-37(5-2)31(40)28-19(3)36-33-38(29(28)22-11-13-24(35)14-12-22)30(39)27(44-33)17-21-8-15-26(25(34)16-21)43-18-20-6-9-23(10-7-20)32(41)42/h6-17,29H,4-5,18H2,1-3H3,(H,41,42)/b27-17+/t29-/m0/s1. The van der Waals surface area contributed by atoms with Crippen molar-refractivity contribution in [1.82, 2.24) is 9.47 Å². The fourth-order valence-corrected chi connectivity index (χ4v) is 6.70. The van der Waals surface area contributed by atoms with E-state index in [-0.39, 0.29) is 23.6 Å². The molecule has 1 aliphatic rings. The number of carbonyl (C=O) groups excluding carboxylic acids is 1. The SMILES string of the molecule is CCN(CC)C(=O)C1=C(C)N=c2s/c(=C/c3ccc(OCc4ccc(C(=O)O)cc4)c(Br)c3)c(=O)n2[C@H]1c1ccc(Cl)cc1. The quantitative estimate of drug-likeness (QED) is 0.239. The monoisotopic (exact) mass is 693 g/mol. The number of fused-ring (bicyclic) bond motifs is 1. The minimum Gasteiger partial charge on any atom is -0.488 e. The van der Waals surface area contributed by atoms with E-state index in [1.54, 1.807) is 45.9 Å². The second kappa shape index (κ2) is 13.3. The Balaban J connectivity index is 1.49. The van der Waals surface area contributed by atoms with E-state index in [9.17, 15) is 14.4 Å². The number of aromatic nitrogens is 1. The Hall–Kier alpha value is -3.99. The van der Waals surface area contributed by atoms with Gasteiger partial charge < -0.3 is 14.7 Å². The van der Waals surface area contributed by atoms with Gasteiger partial charge in [0.1, 0.15) is 12.4 Å². The molecule has 0 spiro atoms. The lowest BCUT2D eigenvalue weighted by atomic mass is 9.94. The lowest BCUT2D eigenvalue weighted by molar-refractivity contribution is -0.127. The first-order valence-corrected chi connectivity index (χ1v) is 15.9. The topological polar surface area (TPSA) is 101 Å². The molecule has 3 aromatic carbocycles. The molecular weight excluding hydrogens is 666 g/mol. The van der Waals surface area contributed by atoms with Crippen molar-refractivity contribution >= 4 is 56.8 Å². The van der Waals surface area contributed by atoms with Crippen LogP contribution >= 0.6 is 38.9 Å². The number of amides is 1. The summed E-state index contributed by atoms with van der Waals surface area (Å²) in [5.41, 5.74) is 3.40. The molecule has 226 valence electrons. The first-order chi connectivity index (χ1) is 21.1. The summed E-state index contributed by atoms with van der Waals surface area (Å²) >= 11 is 11.0. The number of carbonyl (C=O) groups is 2. The molecule has 1 aliphatic heterocycles. The van der Waals surface area contributed by atoms with Crippen molar-refractivity contribution in [1.29, 1.82) is 0 Å². The predicted octanol–water partition coefficient (Wildman–Crippen LogP) is 5.80. The summed E-state index contributed by atoms with van der Waals surface area (Å²) < 4.78 is 8.71. The van der Waals surface area contributed by atoms with Crippen molar-refractivity contribution in [3.8, 4) is 5.75 Å². The molecule has 4 aromatic rings. The molecule has 1 N–H and O–H groups in total. The Labute approximate surface area is 271 Å². The average molecular weight is 695 g/mol. The normalized spacial score (nSPS) is 14.7. The largest absolute Gasteiger partial charge is 0.488 e. The highest BCUT2D eigenvalue weighted by Gasteiger charge is 2.34. The van der Waals surface area contributed by atoms with Gasteiger partial charge in [-0.15, -0.1) is 0 Å². The number of ether oxygens (including phenoxy) is 1. The van der Waals surface area contributed by atoms with Gasteiger partial charge in [-0.1, -0.05) is 53.3 Å². The molecule has 1 amide bonds. The fraction of sp³-hybridized carbons (Fsp3) is 0.212. The molecule has 0 saturated carbocycles. The van der Waals surface area contributed by atoms with Crippen molar-refractivity contribution in [2.75, 3.05) is 13.1 Å². The highest BCUT2D eigenvalue weighted by Crippen LogP contribution is 2.32. The van der Waals surface area contributed by atoms with Gasteiger partial charge in [-0.25, -0.2) is 9.79 Å². The van der Waals surface area contributed by atoms with E-state index in [1.807, 2.05) is 45.0 Å². The zero-order valence-corrected chi connectivity index (χ0v) is 27.4. The highest BCUT2D eigenvalue weighted by atomic mass is 79.9. The van der Waals surface area contributed by atoms with E-state index in [4.69, 9.17) is 26.4 Å². The molecular formula is C33H29BrClN3O5S. The maximum Gasteiger partial charge on any atom is 0.335 e. The van der Waals surface area contributed by atoms with Gasteiger partial charge in [0.25, 0.3) is 11.5 Å². The third-order valence-corrected chi connectivity index (χ3v) is 9.19. The Morgan fingerprint density at radius 3 is 2.39 bits per heavy atom. The smallest absolute Gasteiger partial charge is 0.335 e. The maximum atomic E-state index is 14.0. The van der Waals surface area contributed by atoms with Crippen molar-refractivity contribution in [3.05, 3.63) is 129 Å². The number of allylic oxidation sites excluding steroid dienone is 1. The molecule has 0 aliphatic carbocycles. The lowest BCUT2D eigenvalue weighted by Crippen LogP contribution is -2.43. The highest BCUT2D eigenvalue weighted by molar-refractivity contribution is 9.10. The number of halogens is 2. The third kappa shape index (κ3) is 6.43. The van der Waals surface area contributed by atoms with Crippen molar-refractivity contribution < 1.29 is 19.4 Å². The van der Waals surface area contributed by atoms with Crippen LogP contribution in [-0.4, -0.2) is 39.5 Å². The number of hydrogen-bond acceptors (Lipinski definition) is 6. The van der Waals surface area contributed by atoms with Crippen LogP contribution < -0.4 is 19.6 Å². The number of benzene rings is 3. The molecule has 0 saturated heterocycles. The first-order valence-electron chi connectivity index (χ1n) is 13.9. The van der Waals surface area contributed by atoms with Crippen molar-refractivity contribution in [2.45, 2.75) is 33.4 Å². The minimum absolute atomic E-state index is 0.150. The second-order valence-electron chi connectivity index (χ2n) is 10.1. The van der Waals surface area contributed by atoms with Gasteiger partial charge in [0.2, 0.25) is 0 Å². The summed E-state index contributed by atoms with van der Waals surface area (Å²) in [6.07, 6.45) is 1.80. The Bertz CT molecular complexity index is 1940. The molecule has 0 bridgehead atoms. The number of rotatable bonds is 9. The number of carboxylic acids is 1. The summed E-state index contributed by atoms with van der Waals surface area (Å²) in [6, 6.07) is 18.6. The molecule has 8 nitrogen and oxygen atoms in total. The van der Waals surface area contributed by atoms with E-state index >= 15 is 0 Å². The van der Waals surface area contributed by atoms with Gasteiger partial charge in [0.05, 0.1) is 31.9 Å². The number of thiazole rings is 1. The summed E-state index contributed by atoms with van der Waals surface area (Å²) in [5, 5.41) is 9.65. The summed E-state index contributed by atoms with van der Waals surface area (Å²) in [6.45, 7) is 7.00. The number of likely N-dealkylation sites (N-methyl/N-ethyl adjacent to an activating group) is 1. The van der Waals surface area contributed by atoms with Crippen LogP contribution in [0.5, 0.6) is 5.75 Å². The van der Waals surface area contributed by atoms with Crippen LogP contribution in [0.2, 0.25) is 5.02 Å². The fourth-order valence-electron chi connectivity index (χ4n) is 5.02. The van der Waals surface area contributed by atoms with Crippen molar-refractivity contribution in [2.24, 2.45) is 4.99 Å². The Morgan fingerprint density at radius 2 is 1.77 bits per heavy atom. The van der Waals surface area contributed by atoms with E-state index < -0.39 is 12.0 Å². The zero-order valence-electron chi connectivity index (χ0n) is 24.2. The van der Waals surface area contributed by atoms with Crippen LogP contribution in [0.15, 0.2) is 92.3 Å². The van der Waals surface area contributed by atoms with Crippen LogP contribution in [0.4, 0.5) is 0 Å². The van der Waals surface area contributed by atoms with E-state index in [0.717, 1.165) is 16.7 Å². The van der Waals surface area contributed by atoms with Crippen LogP contribution in [0.25, 0.3) is 6.08 Å². The molecule has 1 aromatic heterocycles. The molecule has 11 heteroatoms. The summed E-state index contributed by atoms with van der Waals surface area (Å²) in [4.78, 5) is 45.7. The van der Waals surface area contributed by atoms with Crippen LogP contribution in [0, 0.1) is 0 Å². The third-order valence-electron chi connectivity index (χ3n) is 7.34. The van der Waals surface area contributed by atoms with Crippen molar-refractivity contribution in [3.63, 3.8) is 0 Å². The minimum atomic E-state index is -0.979. The van der Waals surface area contributed by atoms with Gasteiger partial charge >= 0.3 is 5.97 Å². The first kappa shape index (κ1) is 31.4. The number of aromatic carboxylic acids is 1. The van der Waals surface area contributed by atoms with Crippen LogP contribution in [0.1, 0.15) is 53.9 Å². The summed E-state index contributed by atoms with van der Waals surface area (Å²) in [7, 11) is 0. The van der Waals surface area contributed by atoms with Gasteiger partial charge in [-0.05, 0) is 95.9 Å². The lowest BCUT2D eigenvalue weighted by Gasteiger charge is -2.29. The second-order valence-corrected chi connectivity index (χ2v) is 12.4. The number of nitrogens with zero attached hydrogens (tertiary/aromatic N) is 3. The Morgan fingerprint density at radius 1 is 1.09 bits per heavy atom. The number of hydrogen-bond donors (Lipinski definition) is 1. The molecule has 0 fully saturated rings. The number of carboxylic acid groups (broad SMARTS) is 1. The van der Waals surface area contributed by atoms with Gasteiger partial charge in [0.15, 0.2) is 4.80 Å². The Kier molecular flexibility index (Phi) is 9.53. The molecule has 2 heterocycles. The van der Waals surface area contributed by atoms with E-state index in [1.165, 1.54) is 23.5 Å². The average Bonchev–Trinajstić information content (AvgIpc) is 3.31. The maximum absolute atomic E-state index is 14.0. The summed E-state index contributed by atoms with van der Waals surface area (Å²) in [5.74, 6) is -0.529. The molecule has 1 atom stereocenters. The predicted molar refractivity (Wildman–Crippen MR) is 175 cm³/mol. The van der Waals surface area contributed by atoms with E-state index in [0.29, 0.717) is 48.9 Å².